The molecule has 0 amide bonds. The summed E-state index contributed by atoms with van der Waals surface area (Å²) in [6.45, 7) is 6.67. The minimum atomic E-state index is 0.493. The summed E-state index contributed by atoms with van der Waals surface area (Å²) in [6, 6.07) is 5.08. The molecule has 0 aliphatic heterocycles. The van der Waals surface area contributed by atoms with Crippen LogP contribution in [0, 0.1) is 13.8 Å². The van der Waals surface area contributed by atoms with Crippen molar-refractivity contribution in [1.82, 2.24) is 5.32 Å². The van der Waals surface area contributed by atoms with E-state index in [0.717, 1.165) is 0 Å². The number of hydrogen-bond donors (Lipinski definition) is 1. The molecule has 1 N–H and O–H groups in total. The number of aryl methyl sites for hydroxylation is 2. The fraction of sp³-hybridized carbons (Fsp3) is 0.684. The van der Waals surface area contributed by atoms with E-state index in [2.05, 4.69) is 61.2 Å². The van der Waals surface area contributed by atoms with Gasteiger partial charge in [-0.25, -0.2) is 0 Å². The van der Waals surface area contributed by atoms with Gasteiger partial charge < -0.3 is 5.32 Å². The van der Waals surface area contributed by atoms with Gasteiger partial charge in [-0.1, -0.05) is 73.9 Å². The topological polar surface area (TPSA) is 12.0 Å². The van der Waals surface area contributed by atoms with Gasteiger partial charge in [0.15, 0.2) is 0 Å². The summed E-state index contributed by atoms with van der Waals surface area (Å²) >= 11 is 3.62. The molecule has 0 aliphatic rings. The third kappa shape index (κ3) is 6.52. The summed E-state index contributed by atoms with van der Waals surface area (Å²) < 4.78 is 1.22. The molecule has 1 unspecified atom stereocenters. The van der Waals surface area contributed by atoms with E-state index in [4.69, 9.17) is 0 Å². The smallest absolute Gasteiger partial charge is 0.0320 e. The zero-order valence-electron chi connectivity index (χ0n) is 14.3. The number of nitrogens with one attached hydrogen (secondary N) is 1. The van der Waals surface area contributed by atoms with Crippen LogP contribution < -0.4 is 5.32 Å². The Bertz CT molecular complexity index is 414. The third-order valence-electron chi connectivity index (χ3n) is 4.37. The number of hydrogen-bond acceptors (Lipinski definition) is 1. The van der Waals surface area contributed by atoms with E-state index in [9.17, 15) is 0 Å². The van der Waals surface area contributed by atoms with Crippen molar-refractivity contribution in [3.63, 3.8) is 0 Å². The summed E-state index contributed by atoms with van der Waals surface area (Å²) in [7, 11) is 2.09. The fourth-order valence-corrected chi connectivity index (χ4v) is 3.40. The van der Waals surface area contributed by atoms with Crippen LogP contribution in [-0.2, 0) is 0 Å². The first kappa shape index (κ1) is 18.7. The van der Waals surface area contributed by atoms with E-state index in [1.54, 1.807) is 0 Å². The van der Waals surface area contributed by atoms with Crippen LogP contribution in [0.5, 0.6) is 0 Å². The Kier molecular flexibility index (Phi) is 9.26. The lowest BCUT2D eigenvalue weighted by atomic mass is 9.94. The average Bonchev–Trinajstić information content (AvgIpc) is 2.46. The van der Waals surface area contributed by atoms with Gasteiger partial charge in [-0.3, -0.25) is 0 Å². The van der Waals surface area contributed by atoms with Crippen LogP contribution in [0.3, 0.4) is 0 Å². The fourth-order valence-electron chi connectivity index (χ4n) is 2.94. The largest absolute Gasteiger partial charge is 0.313 e. The molecule has 0 spiro atoms. The molecule has 1 rings (SSSR count). The van der Waals surface area contributed by atoms with Gasteiger partial charge >= 0.3 is 0 Å². The SMILES string of the molecule is CCCCCCCCCC(NC)c1cc(C)c(Br)cc1C. The molecular weight excluding hydrogens is 322 g/mol. The van der Waals surface area contributed by atoms with Crippen LogP contribution in [0.4, 0.5) is 0 Å². The molecular formula is C19H32BrN. The molecule has 1 atom stereocenters. The van der Waals surface area contributed by atoms with E-state index >= 15 is 0 Å². The molecule has 0 fully saturated rings. The molecule has 0 heterocycles. The first-order valence-electron chi connectivity index (χ1n) is 8.54. The van der Waals surface area contributed by atoms with E-state index in [0.29, 0.717) is 6.04 Å². The molecule has 1 aromatic rings. The Hall–Kier alpha value is -0.340. The molecule has 1 aromatic carbocycles. The Morgan fingerprint density at radius 1 is 0.952 bits per heavy atom. The summed E-state index contributed by atoms with van der Waals surface area (Å²) in [6.07, 6.45) is 10.9. The van der Waals surface area contributed by atoms with Crippen LogP contribution >= 0.6 is 15.9 Å². The van der Waals surface area contributed by atoms with Crippen molar-refractivity contribution in [2.45, 2.75) is 78.2 Å². The Balaban J connectivity index is 2.43. The Morgan fingerprint density at radius 2 is 1.57 bits per heavy atom. The van der Waals surface area contributed by atoms with Crippen LogP contribution in [0.1, 0.15) is 81.0 Å². The lowest BCUT2D eigenvalue weighted by molar-refractivity contribution is 0.494. The monoisotopic (exact) mass is 353 g/mol. The zero-order chi connectivity index (χ0) is 15.7. The lowest BCUT2D eigenvalue weighted by Gasteiger charge is -2.20. The van der Waals surface area contributed by atoms with Crippen molar-refractivity contribution < 1.29 is 0 Å². The van der Waals surface area contributed by atoms with Crippen molar-refractivity contribution in [3.8, 4) is 0 Å². The van der Waals surface area contributed by atoms with Gasteiger partial charge in [-0.2, -0.15) is 0 Å². The first-order valence-corrected chi connectivity index (χ1v) is 9.33. The number of benzene rings is 1. The predicted octanol–water partition coefficient (Wildman–Crippen LogP) is 6.47. The van der Waals surface area contributed by atoms with Crippen molar-refractivity contribution in [2.75, 3.05) is 7.05 Å². The lowest BCUT2D eigenvalue weighted by Crippen LogP contribution is -2.17. The maximum absolute atomic E-state index is 3.62. The van der Waals surface area contributed by atoms with Gasteiger partial charge in [0.25, 0.3) is 0 Å². The van der Waals surface area contributed by atoms with E-state index in [1.807, 2.05) is 0 Å². The van der Waals surface area contributed by atoms with Crippen LogP contribution in [0.15, 0.2) is 16.6 Å². The van der Waals surface area contributed by atoms with Crippen LogP contribution in [0.25, 0.3) is 0 Å². The van der Waals surface area contributed by atoms with E-state index in [1.165, 1.54) is 72.5 Å². The van der Waals surface area contributed by atoms with Gasteiger partial charge in [0, 0.05) is 10.5 Å². The summed E-state index contributed by atoms with van der Waals surface area (Å²) in [5, 5.41) is 3.50. The van der Waals surface area contributed by atoms with Crippen molar-refractivity contribution >= 4 is 15.9 Å². The molecule has 0 aromatic heterocycles. The quantitative estimate of drug-likeness (QED) is 0.475. The van der Waals surface area contributed by atoms with Crippen molar-refractivity contribution in [2.24, 2.45) is 0 Å². The standard InChI is InChI=1S/C19H32BrN/c1-5-6-7-8-9-10-11-12-19(21-4)17-13-16(3)18(20)14-15(17)2/h13-14,19,21H,5-12H2,1-4H3. The van der Waals surface area contributed by atoms with E-state index in [-0.39, 0.29) is 0 Å². The van der Waals surface area contributed by atoms with Crippen molar-refractivity contribution in [1.29, 1.82) is 0 Å². The molecule has 2 heteroatoms. The summed E-state index contributed by atoms with van der Waals surface area (Å²) in [5.41, 5.74) is 4.18. The van der Waals surface area contributed by atoms with Gasteiger partial charge in [0.05, 0.1) is 0 Å². The molecule has 0 saturated heterocycles. The number of halogens is 1. The highest BCUT2D eigenvalue weighted by Crippen LogP contribution is 2.28. The second-order valence-electron chi connectivity index (χ2n) is 6.21. The Labute approximate surface area is 140 Å². The van der Waals surface area contributed by atoms with Gasteiger partial charge in [-0.05, 0) is 50.1 Å². The van der Waals surface area contributed by atoms with E-state index < -0.39 is 0 Å². The molecule has 0 radical (unpaired) electrons. The molecule has 0 aliphatic carbocycles. The second-order valence-corrected chi connectivity index (χ2v) is 7.06. The maximum Gasteiger partial charge on any atom is 0.0320 e. The van der Waals surface area contributed by atoms with Gasteiger partial charge in [0.1, 0.15) is 0 Å². The third-order valence-corrected chi connectivity index (χ3v) is 5.22. The van der Waals surface area contributed by atoms with Gasteiger partial charge in [-0.15, -0.1) is 0 Å². The average molecular weight is 354 g/mol. The zero-order valence-corrected chi connectivity index (χ0v) is 15.9. The van der Waals surface area contributed by atoms with Crippen LogP contribution in [-0.4, -0.2) is 7.05 Å². The Morgan fingerprint density at radius 3 is 2.19 bits per heavy atom. The van der Waals surface area contributed by atoms with Crippen LogP contribution in [0.2, 0.25) is 0 Å². The predicted molar refractivity (Wildman–Crippen MR) is 98.0 cm³/mol. The highest BCUT2D eigenvalue weighted by atomic mass is 79.9. The molecule has 1 nitrogen and oxygen atoms in total. The highest BCUT2D eigenvalue weighted by Gasteiger charge is 2.13. The molecule has 21 heavy (non-hydrogen) atoms. The van der Waals surface area contributed by atoms with Crippen molar-refractivity contribution in [3.05, 3.63) is 33.3 Å². The number of rotatable bonds is 10. The van der Waals surface area contributed by atoms with Gasteiger partial charge in [0.2, 0.25) is 0 Å². The molecule has 0 saturated carbocycles. The maximum atomic E-state index is 3.62. The minimum absolute atomic E-state index is 0.493. The summed E-state index contributed by atoms with van der Waals surface area (Å²) in [5.74, 6) is 0. The summed E-state index contributed by atoms with van der Waals surface area (Å²) in [4.78, 5) is 0. The normalized spacial score (nSPS) is 12.6. The first-order chi connectivity index (χ1) is 10.1. The number of unbranched alkanes of at least 4 members (excludes halogenated alkanes) is 6. The minimum Gasteiger partial charge on any atom is -0.313 e. The molecule has 0 bridgehead atoms. The molecule has 120 valence electrons. The second kappa shape index (κ2) is 10.4. The highest BCUT2D eigenvalue weighted by molar-refractivity contribution is 9.10.